The summed E-state index contributed by atoms with van der Waals surface area (Å²) in [7, 11) is 0. The average Bonchev–Trinajstić information content (AvgIpc) is 2.86. The van der Waals surface area contributed by atoms with E-state index < -0.39 is 0 Å². The van der Waals surface area contributed by atoms with E-state index in [9.17, 15) is 9.59 Å². The zero-order valence-electron chi connectivity index (χ0n) is 11.2. The van der Waals surface area contributed by atoms with Gasteiger partial charge in [-0.1, -0.05) is 13.8 Å². The Morgan fingerprint density at radius 2 is 2.05 bits per heavy atom. The highest BCUT2D eigenvalue weighted by molar-refractivity contribution is 7.27. The van der Waals surface area contributed by atoms with Crippen LogP contribution in [0, 0.1) is 5.92 Å². The Hall–Kier alpha value is -1.20. The van der Waals surface area contributed by atoms with Crippen LogP contribution < -0.4 is 5.32 Å². The van der Waals surface area contributed by atoms with Crippen LogP contribution in [0.25, 0.3) is 9.40 Å². The molecule has 1 atom stereocenters. The van der Waals surface area contributed by atoms with Crippen LogP contribution in [0.4, 0.5) is 0 Å². The van der Waals surface area contributed by atoms with Gasteiger partial charge in [-0.2, -0.15) is 0 Å². The topological polar surface area (TPSA) is 46.2 Å². The summed E-state index contributed by atoms with van der Waals surface area (Å²) in [5, 5.41) is 4.86. The number of carbonyl (C=O) groups is 2. The summed E-state index contributed by atoms with van der Waals surface area (Å²) < 4.78 is 2.25. The van der Waals surface area contributed by atoms with Crippen molar-refractivity contribution in [2.75, 3.05) is 0 Å². The summed E-state index contributed by atoms with van der Waals surface area (Å²) in [5.41, 5.74) is 0. The summed E-state index contributed by atoms with van der Waals surface area (Å²) >= 11 is 3.10. The Bertz CT molecular complexity index is 569. The van der Waals surface area contributed by atoms with Crippen LogP contribution in [0.5, 0.6) is 0 Å². The van der Waals surface area contributed by atoms with Crippen LogP contribution in [-0.2, 0) is 4.79 Å². The van der Waals surface area contributed by atoms with Gasteiger partial charge in [0.1, 0.15) is 0 Å². The fourth-order valence-corrected chi connectivity index (χ4v) is 3.92. The molecule has 0 aliphatic rings. The van der Waals surface area contributed by atoms with Crippen LogP contribution in [0.2, 0.25) is 0 Å². The molecule has 0 saturated heterocycles. The Labute approximate surface area is 120 Å². The van der Waals surface area contributed by atoms with Gasteiger partial charge in [0.25, 0.3) is 5.91 Å². The van der Waals surface area contributed by atoms with Crippen molar-refractivity contribution in [1.82, 2.24) is 5.32 Å². The number of carbonyl (C=O) groups excluding carboxylic acids is 2. The van der Waals surface area contributed by atoms with Gasteiger partial charge in [0.05, 0.1) is 10.9 Å². The van der Waals surface area contributed by atoms with Crippen molar-refractivity contribution >= 4 is 43.8 Å². The molecule has 0 radical (unpaired) electrons. The number of Topliss-reactive ketones (excluding diaryl/α,β-unsaturated/α-hetero) is 1. The SMILES string of the molecule is CC(=O)[C@H](CC(C)C)NC(=O)c1cc2sccc2s1. The first-order valence-electron chi connectivity index (χ1n) is 6.25. The van der Waals surface area contributed by atoms with E-state index in [0.29, 0.717) is 17.2 Å². The lowest BCUT2D eigenvalue weighted by Gasteiger charge is -2.17. The molecule has 0 saturated carbocycles. The second kappa shape index (κ2) is 5.84. The predicted molar refractivity (Wildman–Crippen MR) is 81.1 cm³/mol. The molecule has 1 N–H and O–H groups in total. The lowest BCUT2D eigenvalue weighted by molar-refractivity contribution is -0.119. The Morgan fingerprint density at radius 3 is 2.63 bits per heavy atom. The maximum atomic E-state index is 12.2. The molecule has 0 fully saturated rings. The first-order chi connectivity index (χ1) is 8.97. The van der Waals surface area contributed by atoms with E-state index in [1.54, 1.807) is 11.3 Å². The molecule has 19 heavy (non-hydrogen) atoms. The van der Waals surface area contributed by atoms with Crippen LogP contribution in [0.15, 0.2) is 17.5 Å². The summed E-state index contributed by atoms with van der Waals surface area (Å²) in [6, 6.07) is 3.53. The molecule has 0 aliphatic carbocycles. The number of fused-ring (bicyclic) bond motifs is 1. The van der Waals surface area contributed by atoms with Crippen molar-refractivity contribution in [1.29, 1.82) is 0 Å². The number of hydrogen-bond donors (Lipinski definition) is 1. The minimum absolute atomic E-state index is 0.0143. The second-order valence-electron chi connectivity index (χ2n) is 5.03. The molecule has 2 rings (SSSR count). The summed E-state index contributed by atoms with van der Waals surface area (Å²) in [6.07, 6.45) is 0.681. The van der Waals surface area contributed by atoms with Gasteiger partial charge in [-0.15, -0.1) is 22.7 Å². The van der Waals surface area contributed by atoms with Crippen molar-refractivity contribution in [3.63, 3.8) is 0 Å². The van der Waals surface area contributed by atoms with E-state index in [4.69, 9.17) is 0 Å². The molecule has 2 aromatic heterocycles. The smallest absolute Gasteiger partial charge is 0.262 e. The maximum absolute atomic E-state index is 12.2. The number of rotatable bonds is 5. The molecule has 0 spiro atoms. The minimum atomic E-state index is -0.382. The lowest BCUT2D eigenvalue weighted by atomic mass is 10.0. The Kier molecular flexibility index (Phi) is 4.37. The van der Waals surface area contributed by atoms with Gasteiger partial charge in [-0.25, -0.2) is 0 Å². The van der Waals surface area contributed by atoms with Gasteiger partial charge in [0.15, 0.2) is 5.78 Å². The van der Waals surface area contributed by atoms with Crippen molar-refractivity contribution in [2.24, 2.45) is 5.92 Å². The maximum Gasteiger partial charge on any atom is 0.262 e. The number of thiophene rings is 2. The van der Waals surface area contributed by atoms with E-state index >= 15 is 0 Å². The molecule has 0 bridgehead atoms. The average molecular weight is 295 g/mol. The molecule has 0 aliphatic heterocycles. The molecule has 102 valence electrons. The first kappa shape index (κ1) is 14.2. The van der Waals surface area contributed by atoms with Crippen LogP contribution in [-0.4, -0.2) is 17.7 Å². The molecular weight excluding hydrogens is 278 g/mol. The first-order valence-corrected chi connectivity index (χ1v) is 7.95. The molecule has 1 amide bonds. The quantitative estimate of drug-likeness (QED) is 0.914. The Balaban J connectivity index is 2.10. The number of hydrogen-bond acceptors (Lipinski definition) is 4. The van der Waals surface area contributed by atoms with Crippen LogP contribution >= 0.6 is 22.7 Å². The van der Waals surface area contributed by atoms with Crippen LogP contribution in [0.1, 0.15) is 36.9 Å². The van der Waals surface area contributed by atoms with Gasteiger partial charge >= 0.3 is 0 Å². The zero-order valence-corrected chi connectivity index (χ0v) is 12.9. The number of nitrogens with one attached hydrogen (secondary N) is 1. The molecule has 2 heterocycles. The summed E-state index contributed by atoms with van der Waals surface area (Å²) in [4.78, 5) is 24.4. The van der Waals surface area contributed by atoms with Gasteiger partial charge < -0.3 is 5.32 Å². The van der Waals surface area contributed by atoms with Gasteiger partial charge in [0, 0.05) is 9.40 Å². The molecule has 3 nitrogen and oxygen atoms in total. The predicted octanol–water partition coefficient (Wildman–Crippen LogP) is 3.70. The van der Waals surface area contributed by atoms with Gasteiger partial charge in [-0.3, -0.25) is 9.59 Å². The van der Waals surface area contributed by atoms with E-state index in [1.165, 1.54) is 18.3 Å². The lowest BCUT2D eigenvalue weighted by Crippen LogP contribution is -2.40. The summed E-state index contributed by atoms with van der Waals surface area (Å²) in [5.74, 6) is 0.246. The highest BCUT2D eigenvalue weighted by Crippen LogP contribution is 2.29. The van der Waals surface area contributed by atoms with Gasteiger partial charge in [-0.05, 0) is 36.8 Å². The fourth-order valence-electron chi connectivity index (χ4n) is 1.90. The van der Waals surface area contributed by atoms with E-state index in [1.807, 2.05) is 31.4 Å². The number of ketones is 1. The Morgan fingerprint density at radius 1 is 1.32 bits per heavy atom. The normalized spacial score (nSPS) is 12.8. The second-order valence-corrected chi connectivity index (χ2v) is 7.06. The fraction of sp³-hybridized carbons (Fsp3) is 0.429. The van der Waals surface area contributed by atoms with Gasteiger partial charge in [0.2, 0.25) is 0 Å². The molecule has 5 heteroatoms. The third-order valence-electron chi connectivity index (χ3n) is 2.87. The zero-order chi connectivity index (χ0) is 14.0. The third kappa shape index (κ3) is 3.42. The highest BCUT2D eigenvalue weighted by Gasteiger charge is 2.20. The third-order valence-corrected chi connectivity index (χ3v) is 4.96. The largest absolute Gasteiger partial charge is 0.342 e. The van der Waals surface area contributed by atoms with Crippen LogP contribution in [0.3, 0.4) is 0 Å². The molecule has 0 aromatic carbocycles. The highest BCUT2D eigenvalue weighted by atomic mass is 32.1. The monoisotopic (exact) mass is 295 g/mol. The van der Waals surface area contributed by atoms with Crippen molar-refractivity contribution in [3.8, 4) is 0 Å². The van der Waals surface area contributed by atoms with E-state index in [0.717, 1.165) is 9.40 Å². The minimum Gasteiger partial charge on any atom is -0.342 e. The molecule has 2 aromatic rings. The molecule has 0 unspecified atom stereocenters. The summed E-state index contributed by atoms with van der Waals surface area (Å²) in [6.45, 7) is 5.62. The van der Waals surface area contributed by atoms with Crippen molar-refractivity contribution in [3.05, 3.63) is 22.4 Å². The number of amides is 1. The van der Waals surface area contributed by atoms with E-state index in [-0.39, 0.29) is 17.7 Å². The molecular formula is C14H17NO2S2. The standard InChI is InChI=1S/C14H17NO2S2/c1-8(2)6-10(9(3)16)15-14(17)13-7-12-11(19-13)4-5-18-12/h4-5,7-8,10H,6H2,1-3H3,(H,15,17)/t10-/m0/s1. The van der Waals surface area contributed by atoms with Crippen molar-refractivity contribution < 1.29 is 9.59 Å². The van der Waals surface area contributed by atoms with Crippen molar-refractivity contribution in [2.45, 2.75) is 33.2 Å². The van der Waals surface area contributed by atoms with E-state index in [2.05, 4.69) is 5.32 Å².